The fourth-order valence-electron chi connectivity index (χ4n) is 2.29. The van der Waals surface area contributed by atoms with E-state index in [0.29, 0.717) is 18.6 Å². The molecule has 4 heteroatoms. The Morgan fingerprint density at radius 3 is 2.82 bits per heavy atom. The molecule has 17 heavy (non-hydrogen) atoms. The van der Waals surface area contributed by atoms with Crippen LogP contribution in [0.3, 0.4) is 0 Å². The first-order valence-electron chi connectivity index (χ1n) is 6.41. The molecule has 2 heterocycles. The van der Waals surface area contributed by atoms with Gasteiger partial charge in [-0.25, -0.2) is 4.98 Å². The van der Waals surface area contributed by atoms with E-state index in [1.165, 1.54) is 12.8 Å². The molecule has 1 aromatic rings. The summed E-state index contributed by atoms with van der Waals surface area (Å²) in [6.45, 7) is 5.00. The number of pyridine rings is 1. The maximum absolute atomic E-state index is 5.62. The molecule has 4 nitrogen and oxygen atoms in total. The quantitative estimate of drug-likeness (QED) is 0.815. The second kappa shape index (κ2) is 5.98. The van der Waals surface area contributed by atoms with Crippen LogP contribution in [0.4, 0.5) is 5.82 Å². The number of nitrogens with two attached hydrogens (primary N) is 1. The van der Waals surface area contributed by atoms with Gasteiger partial charge < -0.3 is 16.0 Å². The van der Waals surface area contributed by atoms with Crippen molar-refractivity contribution < 1.29 is 0 Å². The number of nitrogens with zero attached hydrogens (tertiary/aromatic N) is 2. The number of aromatic nitrogens is 1. The summed E-state index contributed by atoms with van der Waals surface area (Å²) < 4.78 is 0. The van der Waals surface area contributed by atoms with E-state index in [4.69, 9.17) is 5.73 Å². The van der Waals surface area contributed by atoms with Gasteiger partial charge in [-0.15, -0.1) is 0 Å². The van der Waals surface area contributed by atoms with Crippen LogP contribution in [-0.2, 0) is 0 Å². The lowest BCUT2D eigenvalue weighted by Gasteiger charge is -2.34. The van der Waals surface area contributed by atoms with Gasteiger partial charge in [0.25, 0.3) is 0 Å². The molecule has 2 rings (SSSR count). The van der Waals surface area contributed by atoms with E-state index >= 15 is 0 Å². The Morgan fingerprint density at radius 1 is 1.47 bits per heavy atom. The smallest absolute Gasteiger partial charge is 0.128 e. The highest BCUT2D eigenvalue weighted by Gasteiger charge is 2.20. The zero-order valence-corrected chi connectivity index (χ0v) is 10.5. The molecule has 0 bridgehead atoms. The molecule has 1 unspecified atom stereocenters. The first kappa shape index (κ1) is 12.3. The average molecular weight is 234 g/mol. The van der Waals surface area contributed by atoms with Gasteiger partial charge in [0.1, 0.15) is 5.82 Å². The molecule has 1 atom stereocenters. The Balaban J connectivity index is 1.82. The van der Waals surface area contributed by atoms with Crippen LogP contribution >= 0.6 is 0 Å². The summed E-state index contributed by atoms with van der Waals surface area (Å²) in [5, 5.41) is 3.57. The molecule has 0 aromatic carbocycles. The van der Waals surface area contributed by atoms with Gasteiger partial charge in [0, 0.05) is 37.9 Å². The minimum Gasteiger partial charge on any atom is -0.357 e. The summed E-state index contributed by atoms with van der Waals surface area (Å²) in [7, 11) is 0. The molecule has 3 N–H and O–H groups in total. The van der Waals surface area contributed by atoms with Crippen molar-refractivity contribution in [2.75, 3.05) is 24.5 Å². The predicted molar refractivity (Wildman–Crippen MR) is 71.1 cm³/mol. The van der Waals surface area contributed by atoms with Crippen molar-refractivity contribution in [1.82, 2.24) is 10.3 Å². The molecule has 0 amide bonds. The lowest BCUT2D eigenvalue weighted by molar-refractivity contribution is 0.378. The summed E-state index contributed by atoms with van der Waals surface area (Å²) in [6, 6.07) is 7.11. The standard InChI is InChI=1S/C13H22N4/c1-11(10-14)16-12-5-8-17(9-6-12)13-4-2-3-7-15-13/h2-4,7,11-12,16H,5-6,8-10,14H2,1H3. The number of nitrogens with one attached hydrogen (secondary N) is 1. The van der Waals surface area contributed by atoms with Crippen LogP contribution in [0.5, 0.6) is 0 Å². The monoisotopic (exact) mass is 234 g/mol. The minimum atomic E-state index is 0.418. The molecule has 0 saturated carbocycles. The van der Waals surface area contributed by atoms with E-state index in [-0.39, 0.29) is 0 Å². The van der Waals surface area contributed by atoms with E-state index in [0.717, 1.165) is 18.9 Å². The maximum atomic E-state index is 5.62. The number of hydrogen-bond donors (Lipinski definition) is 2. The topological polar surface area (TPSA) is 54.2 Å². The molecule has 1 fully saturated rings. The van der Waals surface area contributed by atoms with Gasteiger partial charge in [0.05, 0.1) is 0 Å². The minimum absolute atomic E-state index is 0.418. The average Bonchev–Trinajstić information content (AvgIpc) is 2.40. The molecule has 1 aliphatic rings. The predicted octanol–water partition coefficient (Wildman–Crippen LogP) is 0.987. The fraction of sp³-hybridized carbons (Fsp3) is 0.615. The van der Waals surface area contributed by atoms with E-state index < -0.39 is 0 Å². The Labute approximate surface area is 103 Å². The van der Waals surface area contributed by atoms with Gasteiger partial charge in [-0.05, 0) is 31.9 Å². The Kier molecular flexibility index (Phi) is 4.34. The van der Waals surface area contributed by atoms with E-state index in [2.05, 4.69) is 28.2 Å². The zero-order chi connectivity index (χ0) is 12.1. The summed E-state index contributed by atoms with van der Waals surface area (Å²) in [5.74, 6) is 1.10. The number of rotatable bonds is 4. The molecule has 1 aromatic heterocycles. The molecule has 94 valence electrons. The van der Waals surface area contributed by atoms with Gasteiger partial charge in [-0.3, -0.25) is 0 Å². The number of piperidine rings is 1. The fourth-order valence-corrected chi connectivity index (χ4v) is 2.29. The van der Waals surface area contributed by atoms with Gasteiger partial charge in [-0.1, -0.05) is 6.07 Å². The van der Waals surface area contributed by atoms with E-state index in [1.807, 2.05) is 18.3 Å². The van der Waals surface area contributed by atoms with Gasteiger partial charge >= 0.3 is 0 Å². The van der Waals surface area contributed by atoms with E-state index in [1.54, 1.807) is 0 Å². The van der Waals surface area contributed by atoms with Gasteiger partial charge in [-0.2, -0.15) is 0 Å². The third-order valence-corrected chi connectivity index (χ3v) is 3.34. The lowest BCUT2D eigenvalue weighted by Crippen LogP contribution is -2.47. The van der Waals surface area contributed by atoms with Crippen molar-refractivity contribution in [3.8, 4) is 0 Å². The SMILES string of the molecule is CC(CN)NC1CCN(c2ccccn2)CC1. The molecule has 0 radical (unpaired) electrons. The molecule has 1 aliphatic heterocycles. The van der Waals surface area contributed by atoms with Crippen LogP contribution in [0, 0.1) is 0 Å². The summed E-state index contributed by atoms with van der Waals surface area (Å²) >= 11 is 0. The summed E-state index contributed by atoms with van der Waals surface area (Å²) in [5.41, 5.74) is 5.62. The van der Waals surface area contributed by atoms with Crippen LogP contribution in [0.25, 0.3) is 0 Å². The molecule has 0 spiro atoms. The zero-order valence-electron chi connectivity index (χ0n) is 10.5. The second-order valence-electron chi connectivity index (χ2n) is 4.75. The van der Waals surface area contributed by atoms with Crippen molar-refractivity contribution in [3.05, 3.63) is 24.4 Å². The highest BCUT2D eigenvalue weighted by atomic mass is 15.2. The highest BCUT2D eigenvalue weighted by Crippen LogP contribution is 2.17. The van der Waals surface area contributed by atoms with Crippen molar-refractivity contribution >= 4 is 5.82 Å². The Hall–Kier alpha value is -1.13. The third-order valence-electron chi connectivity index (χ3n) is 3.34. The third kappa shape index (κ3) is 3.41. The molecular weight excluding hydrogens is 212 g/mol. The maximum Gasteiger partial charge on any atom is 0.128 e. The molecular formula is C13H22N4. The second-order valence-corrected chi connectivity index (χ2v) is 4.75. The number of hydrogen-bond acceptors (Lipinski definition) is 4. The van der Waals surface area contributed by atoms with Gasteiger partial charge in [0.2, 0.25) is 0 Å². The van der Waals surface area contributed by atoms with Crippen LogP contribution in [0.2, 0.25) is 0 Å². The first-order valence-corrected chi connectivity index (χ1v) is 6.41. The van der Waals surface area contributed by atoms with Crippen molar-refractivity contribution in [2.24, 2.45) is 5.73 Å². The van der Waals surface area contributed by atoms with Crippen molar-refractivity contribution in [3.63, 3.8) is 0 Å². The highest BCUT2D eigenvalue weighted by molar-refractivity contribution is 5.38. The van der Waals surface area contributed by atoms with Crippen LogP contribution in [0.15, 0.2) is 24.4 Å². The lowest BCUT2D eigenvalue weighted by atomic mass is 10.0. The Morgan fingerprint density at radius 2 is 2.24 bits per heavy atom. The molecule has 1 saturated heterocycles. The summed E-state index contributed by atoms with van der Waals surface area (Å²) in [4.78, 5) is 6.74. The number of anilines is 1. The van der Waals surface area contributed by atoms with Crippen molar-refractivity contribution in [2.45, 2.75) is 31.8 Å². The largest absolute Gasteiger partial charge is 0.357 e. The molecule has 0 aliphatic carbocycles. The van der Waals surface area contributed by atoms with Crippen LogP contribution in [-0.4, -0.2) is 36.7 Å². The van der Waals surface area contributed by atoms with Crippen LogP contribution in [0.1, 0.15) is 19.8 Å². The normalized spacial score (nSPS) is 19.3. The summed E-state index contributed by atoms with van der Waals surface area (Å²) in [6.07, 6.45) is 4.19. The Bertz CT molecular complexity index is 319. The van der Waals surface area contributed by atoms with E-state index in [9.17, 15) is 0 Å². The first-order chi connectivity index (χ1) is 8.29. The van der Waals surface area contributed by atoms with Crippen molar-refractivity contribution in [1.29, 1.82) is 0 Å². The van der Waals surface area contributed by atoms with Gasteiger partial charge in [0.15, 0.2) is 0 Å². The van der Waals surface area contributed by atoms with Crippen LogP contribution < -0.4 is 16.0 Å².